The maximum atomic E-state index is 9.37. The molecule has 5 heteroatoms. The van der Waals surface area contributed by atoms with Crippen molar-refractivity contribution in [1.29, 1.82) is 5.26 Å². The standard InChI is InChI=1S/C10H13N3O2/c11-5-4-8(14)6-9-12-10(13-15-9)7-2-1-3-7/h7-8,14H,1-4,6H2. The van der Waals surface area contributed by atoms with Gasteiger partial charge in [-0.3, -0.25) is 0 Å². The maximum Gasteiger partial charge on any atom is 0.229 e. The van der Waals surface area contributed by atoms with E-state index in [-0.39, 0.29) is 12.8 Å². The minimum Gasteiger partial charge on any atom is -0.392 e. The van der Waals surface area contributed by atoms with E-state index in [1.165, 1.54) is 6.42 Å². The lowest BCUT2D eigenvalue weighted by molar-refractivity contribution is 0.166. The van der Waals surface area contributed by atoms with Crippen molar-refractivity contribution in [1.82, 2.24) is 10.1 Å². The van der Waals surface area contributed by atoms with Gasteiger partial charge in [0.05, 0.1) is 25.0 Å². The highest BCUT2D eigenvalue weighted by Crippen LogP contribution is 2.34. The van der Waals surface area contributed by atoms with Crippen LogP contribution < -0.4 is 0 Å². The van der Waals surface area contributed by atoms with Crippen LogP contribution in [0.4, 0.5) is 0 Å². The Labute approximate surface area is 87.7 Å². The first-order valence-corrected chi connectivity index (χ1v) is 5.17. The summed E-state index contributed by atoms with van der Waals surface area (Å²) in [6, 6.07) is 1.90. The number of hydrogen-bond acceptors (Lipinski definition) is 5. The first kappa shape index (κ1) is 10.1. The topological polar surface area (TPSA) is 82.9 Å². The summed E-state index contributed by atoms with van der Waals surface area (Å²) >= 11 is 0. The third kappa shape index (κ3) is 2.34. The van der Waals surface area contributed by atoms with Crippen molar-refractivity contribution in [2.24, 2.45) is 0 Å². The summed E-state index contributed by atoms with van der Waals surface area (Å²) in [4.78, 5) is 4.21. The van der Waals surface area contributed by atoms with Gasteiger partial charge in [0, 0.05) is 5.92 Å². The molecule has 1 atom stereocenters. The van der Waals surface area contributed by atoms with Gasteiger partial charge in [-0.25, -0.2) is 0 Å². The first-order valence-electron chi connectivity index (χ1n) is 5.17. The summed E-state index contributed by atoms with van der Waals surface area (Å²) in [5, 5.41) is 21.6. The van der Waals surface area contributed by atoms with Gasteiger partial charge in [-0.15, -0.1) is 0 Å². The smallest absolute Gasteiger partial charge is 0.229 e. The lowest BCUT2D eigenvalue weighted by atomic mass is 9.85. The largest absolute Gasteiger partial charge is 0.392 e. The van der Waals surface area contributed by atoms with Crippen LogP contribution in [0.2, 0.25) is 0 Å². The Kier molecular flexibility index (Phi) is 2.97. The van der Waals surface area contributed by atoms with Crippen LogP contribution in [-0.2, 0) is 6.42 Å². The summed E-state index contributed by atoms with van der Waals surface area (Å²) in [6.07, 6.45) is 3.14. The van der Waals surface area contributed by atoms with Crippen LogP contribution in [0.1, 0.15) is 43.3 Å². The average molecular weight is 207 g/mol. The van der Waals surface area contributed by atoms with Crippen molar-refractivity contribution in [3.05, 3.63) is 11.7 Å². The van der Waals surface area contributed by atoms with Crippen molar-refractivity contribution < 1.29 is 9.63 Å². The van der Waals surface area contributed by atoms with Crippen molar-refractivity contribution in [3.63, 3.8) is 0 Å². The molecular weight excluding hydrogens is 194 g/mol. The van der Waals surface area contributed by atoms with E-state index in [1.807, 2.05) is 6.07 Å². The minimum absolute atomic E-state index is 0.0984. The molecule has 1 aliphatic carbocycles. The quantitative estimate of drug-likeness (QED) is 0.800. The Morgan fingerprint density at radius 2 is 2.40 bits per heavy atom. The van der Waals surface area contributed by atoms with Gasteiger partial charge in [0.2, 0.25) is 5.89 Å². The summed E-state index contributed by atoms with van der Waals surface area (Å²) in [6.45, 7) is 0. The highest BCUT2D eigenvalue weighted by atomic mass is 16.5. The monoisotopic (exact) mass is 207 g/mol. The van der Waals surface area contributed by atoms with Crippen LogP contribution in [0.5, 0.6) is 0 Å². The third-order valence-corrected chi connectivity index (χ3v) is 2.69. The van der Waals surface area contributed by atoms with Gasteiger partial charge in [-0.1, -0.05) is 11.6 Å². The number of nitrogens with zero attached hydrogens (tertiary/aromatic N) is 3. The van der Waals surface area contributed by atoms with Gasteiger partial charge in [0.25, 0.3) is 0 Å². The Morgan fingerprint density at radius 1 is 1.60 bits per heavy atom. The summed E-state index contributed by atoms with van der Waals surface area (Å²) in [5.41, 5.74) is 0. The number of aliphatic hydroxyl groups excluding tert-OH is 1. The van der Waals surface area contributed by atoms with Gasteiger partial charge in [-0.05, 0) is 12.8 Å². The van der Waals surface area contributed by atoms with Crippen LogP contribution in [0, 0.1) is 11.3 Å². The average Bonchev–Trinajstić information content (AvgIpc) is 2.50. The Bertz CT molecular complexity index is 365. The molecule has 1 saturated carbocycles. The molecule has 1 aromatic heterocycles. The lowest BCUT2D eigenvalue weighted by Gasteiger charge is -2.20. The molecule has 1 fully saturated rings. The molecule has 5 nitrogen and oxygen atoms in total. The lowest BCUT2D eigenvalue weighted by Crippen LogP contribution is -2.12. The zero-order valence-corrected chi connectivity index (χ0v) is 8.39. The normalized spacial score (nSPS) is 18.1. The predicted octanol–water partition coefficient (Wildman–Crippen LogP) is 1.15. The van der Waals surface area contributed by atoms with Crippen molar-refractivity contribution in [2.75, 3.05) is 0 Å². The molecule has 1 N–H and O–H groups in total. The van der Waals surface area contributed by atoms with Crippen LogP contribution in [0.15, 0.2) is 4.52 Å². The number of hydrogen-bond donors (Lipinski definition) is 1. The molecule has 2 rings (SSSR count). The molecule has 80 valence electrons. The van der Waals surface area contributed by atoms with Gasteiger partial charge in [0.15, 0.2) is 5.82 Å². The zero-order chi connectivity index (χ0) is 10.7. The fourth-order valence-corrected chi connectivity index (χ4v) is 1.56. The van der Waals surface area contributed by atoms with Gasteiger partial charge >= 0.3 is 0 Å². The highest BCUT2D eigenvalue weighted by molar-refractivity contribution is 5.00. The van der Waals surface area contributed by atoms with Crippen LogP contribution in [-0.4, -0.2) is 21.4 Å². The molecule has 0 amide bonds. The number of aliphatic hydroxyl groups is 1. The van der Waals surface area contributed by atoms with E-state index in [4.69, 9.17) is 9.78 Å². The van der Waals surface area contributed by atoms with E-state index < -0.39 is 6.10 Å². The zero-order valence-electron chi connectivity index (χ0n) is 8.39. The Balaban J connectivity index is 1.92. The van der Waals surface area contributed by atoms with Crippen LogP contribution in [0.25, 0.3) is 0 Å². The number of nitriles is 1. The molecule has 0 radical (unpaired) electrons. The van der Waals surface area contributed by atoms with Gasteiger partial charge in [-0.2, -0.15) is 10.2 Å². The van der Waals surface area contributed by atoms with Crippen molar-refractivity contribution in [3.8, 4) is 6.07 Å². The Morgan fingerprint density at radius 3 is 3.00 bits per heavy atom. The van der Waals surface area contributed by atoms with E-state index in [0.29, 0.717) is 11.8 Å². The van der Waals surface area contributed by atoms with E-state index in [1.54, 1.807) is 0 Å². The minimum atomic E-state index is -0.704. The predicted molar refractivity (Wildman–Crippen MR) is 50.8 cm³/mol. The molecule has 0 spiro atoms. The highest BCUT2D eigenvalue weighted by Gasteiger charge is 2.24. The van der Waals surface area contributed by atoms with E-state index >= 15 is 0 Å². The Hall–Kier alpha value is -1.41. The second-order valence-corrected chi connectivity index (χ2v) is 3.89. The van der Waals surface area contributed by atoms with E-state index in [9.17, 15) is 5.11 Å². The van der Waals surface area contributed by atoms with Gasteiger partial charge in [0.1, 0.15) is 0 Å². The van der Waals surface area contributed by atoms with Crippen molar-refractivity contribution in [2.45, 2.75) is 44.1 Å². The van der Waals surface area contributed by atoms with Crippen molar-refractivity contribution >= 4 is 0 Å². The maximum absolute atomic E-state index is 9.37. The molecule has 0 saturated heterocycles. The molecule has 0 aromatic carbocycles. The first-order chi connectivity index (χ1) is 7.29. The van der Waals surface area contributed by atoms with Crippen LogP contribution >= 0.6 is 0 Å². The summed E-state index contributed by atoms with van der Waals surface area (Å²) in [5.74, 6) is 1.62. The summed E-state index contributed by atoms with van der Waals surface area (Å²) in [7, 11) is 0. The van der Waals surface area contributed by atoms with E-state index in [2.05, 4.69) is 10.1 Å². The number of rotatable bonds is 4. The fourth-order valence-electron chi connectivity index (χ4n) is 1.56. The second kappa shape index (κ2) is 4.41. The molecule has 1 unspecified atom stereocenters. The van der Waals surface area contributed by atoms with Crippen LogP contribution in [0.3, 0.4) is 0 Å². The van der Waals surface area contributed by atoms with Gasteiger partial charge < -0.3 is 9.63 Å². The molecule has 0 aliphatic heterocycles. The molecule has 0 bridgehead atoms. The van der Waals surface area contributed by atoms with E-state index in [0.717, 1.165) is 18.7 Å². The molecule has 1 aromatic rings. The molecule has 15 heavy (non-hydrogen) atoms. The molecule has 1 aliphatic rings. The third-order valence-electron chi connectivity index (χ3n) is 2.69. The SMILES string of the molecule is N#CCC(O)Cc1nc(C2CCC2)no1. The number of aromatic nitrogens is 2. The second-order valence-electron chi connectivity index (χ2n) is 3.89. The summed E-state index contributed by atoms with van der Waals surface area (Å²) < 4.78 is 5.01. The molecule has 1 heterocycles. The fraction of sp³-hybridized carbons (Fsp3) is 0.700. The molecular formula is C10H13N3O2.